The summed E-state index contributed by atoms with van der Waals surface area (Å²) in [6, 6.07) is 9.74. The summed E-state index contributed by atoms with van der Waals surface area (Å²) in [4.78, 5) is 11.8. The first-order valence-corrected chi connectivity index (χ1v) is 6.27. The molecule has 106 valence electrons. The highest BCUT2D eigenvalue weighted by Crippen LogP contribution is 2.38. The fourth-order valence-corrected chi connectivity index (χ4v) is 2.34. The van der Waals surface area contributed by atoms with Gasteiger partial charge in [0.25, 0.3) is 0 Å². The molecule has 0 heterocycles. The highest BCUT2D eigenvalue weighted by molar-refractivity contribution is 5.72. The molecule has 2 N–H and O–H groups in total. The summed E-state index contributed by atoms with van der Waals surface area (Å²) >= 11 is 0. The Morgan fingerprint density at radius 3 is 2.21 bits per heavy atom. The predicted octanol–water partition coefficient (Wildman–Crippen LogP) is 1.87. The van der Waals surface area contributed by atoms with Crippen LogP contribution < -0.4 is 5.73 Å². The Labute approximate surface area is 114 Å². The molecule has 4 heteroatoms. The number of ether oxygens (including phenoxy) is 2. The average Bonchev–Trinajstić information content (AvgIpc) is 2.37. The minimum absolute atomic E-state index is 0.185. The largest absolute Gasteiger partial charge is 0.469 e. The van der Waals surface area contributed by atoms with E-state index in [0.717, 1.165) is 5.56 Å². The second kappa shape index (κ2) is 6.17. The van der Waals surface area contributed by atoms with Gasteiger partial charge in [-0.15, -0.1) is 0 Å². The number of benzene rings is 1. The van der Waals surface area contributed by atoms with Gasteiger partial charge >= 0.3 is 5.97 Å². The molecule has 1 atom stereocenters. The molecular weight excluding hydrogens is 242 g/mol. The zero-order valence-corrected chi connectivity index (χ0v) is 12.1. The van der Waals surface area contributed by atoms with Crippen molar-refractivity contribution in [1.82, 2.24) is 0 Å². The van der Waals surface area contributed by atoms with Gasteiger partial charge in [-0.25, -0.2) is 0 Å². The quantitative estimate of drug-likeness (QED) is 0.798. The maximum atomic E-state index is 11.8. The van der Waals surface area contributed by atoms with Gasteiger partial charge in [0.15, 0.2) is 0 Å². The summed E-state index contributed by atoms with van der Waals surface area (Å²) in [6.07, 6.45) is 0.185. The molecule has 0 bridgehead atoms. The monoisotopic (exact) mass is 265 g/mol. The second-order valence-electron chi connectivity index (χ2n) is 5.36. The number of carbonyl (C=O) groups excluding carboxylic acids is 1. The van der Waals surface area contributed by atoms with Gasteiger partial charge in [0.1, 0.15) is 0 Å². The fraction of sp³-hybridized carbons (Fsp3) is 0.533. The van der Waals surface area contributed by atoms with E-state index in [1.807, 2.05) is 44.2 Å². The number of carbonyl (C=O) groups is 1. The molecule has 0 fully saturated rings. The molecule has 0 aliphatic carbocycles. The Balaban J connectivity index is 3.31. The first-order valence-electron chi connectivity index (χ1n) is 6.27. The lowest BCUT2D eigenvalue weighted by Crippen LogP contribution is -2.57. The smallest absolute Gasteiger partial charge is 0.306 e. The van der Waals surface area contributed by atoms with Gasteiger partial charge in [-0.3, -0.25) is 4.79 Å². The van der Waals surface area contributed by atoms with Crippen LogP contribution in [0.2, 0.25) is 0 Å². The Kier molecular flexibility index (Phi) is 5.09. The van der Waals surface area contributed by atoms with Crippen LogP contribution in [0, 0.1) is 0 Å². The van der Waals surface area contributed by atoms with E-state index in [4.69, 9.17) is 15.2 Å². The number of hydrogen-bond donors (Lipinski definition) is 1. The molecule has 0 saturated carbocycles. The number of methoxy groups -OCH3 is 2. The van der Waals surface area contributed by atoms with Crippen molar-refractivity contribution in [2.24, 2.45) is 5.73 Å². The van der Waals surface area contributed by atoms with E-state index >= 15 is 0 Å². The topological polar surface area (TPSA) is 61.5 Å². The van der Waals surface area contributed by atoms with Crippen molar-refractivity contribution < 1.29 is 14.3 Å². The van der Waals surface area contributed by atoms with Crippen LogP contribution in [0.3, 0.4) is 0 Å². The third-order valence-corrected chi connectivity index (χ3v) is 3.62. The van der Waals surface area contributed by atoms with Gasteiger partial charge in [-0.2, -0.15) is 0 Å². The van der Waals surface area contributed by atoms with E-state index < -0.39 is 11.0 Å². The minimum atomic E-state index is -0.626. The summed E-state index contributed by atoms with van der Waals surface area (Å²) in [5, 5.41) is 0. The van der Waals surface area contributed by atoms with E-state index in [0.29, 0.717) is 6.61 Å². The van der Waals surface area contributed by atoms with Crippen LogP contribution in [0.25, 0.3) is 0 Å². The summed E-state index contributed by atoms with van der Waals surface area (Å²) in [6.45, 7) is 4.17. The molecule has 0 saturated heterocycles. The molecule has 0 aliphatic heterocycles. The van der Waals surface area contributed by atoms with Crippen LogP contribution in [0.15, 0.2) is 30.3 Å². The number of hydrogen-bond acceptors (Lipinski definition) is 4. The molecule has 0 spiro atoms. The Bertz CT molecular complexity index is 411. The zero-order valence-electron chi connectivity index (χ0n) is 12.1. The predicted molar refractivity (Wildman–Crippen MR) is 74.9 cm³/mol. The molecule has 1 rings (SSSR count). The van der Waals surface area contributed by atoms with E-state index in [1.54, 1.807) is 7.11 Å². The van der Waals surface area contributed by atoms with Crippen molar-refractivity contribution in [2.45, 2.75) is 31.2 Å². The maximum Gasteiger partial charge on any atom is 0.306 e. The van der Waals surface area contributed by atoms with Crippen LogP contribution >= 0.6 is 0 Å². The van der Waals surface area contributed by atoms with E-state index in [2.05, 4.69) is 0 Å². The van der Waals surface area contributed by atoms with Gasteiger partial charge in [0.2, 0.25) is 0 Å². The summed E-state index contributed by atoms with van der Waals surface area (Å²) in [5.74, 6) is -0.292. The molecule has 19 heavy (non-hydrogen) atoms. The molecule has 4 nitrogen and oxygen atoms in total. The molecule has 0 aromatic heterocycles. The van der Waals surface area contributed by atoms with Gasteiger partial charge in [0, 0.05) is 18.1 Å². The average molecular weight is 265 g/mol. The fourth-order valence-electron chi connectivity index (χ4n) is 2.34. The lowest BCUT2D eigenvalue weighted by molar-refractivity contribution is -0.143. The van der Waals surface area contributed by atoms with Crippen LogP contribution in [0.1, 0.15) is 25.8 Å². The van der Waals surface area contributed by atoms with E-state index in [9.17, 15) is 4.79 Å². The van der Waals surface area contributed by atoms with Crippen LogP contribution in [-0.4, -0.2) is 32.3 Å². The van der Waals surface area contributed by atoms with Crippen molar-refractivity contribution in [1.29, 1.82) is 0 Å². The van der Waals surface area contributed by atoms with E-state index in [1.165, 1.54) is 7.11 Å². The lowest BCUT2D eigenvalue weighted by Gasteiger charge is -2.44. The maximum absolute atomic E-state index is 11.8. The number of esters is 1. The SMILES string of the molecule is COCC(CC(=O)OC)(c1ccccc1)C(C)(C)N. The van der Waals surface area contributed by atoms with Crippen molar-refractivity contribution in [3.8, 4) is 0 Å². The van der Waals surface area contributed by atoms with Gasteiger partial charge in [-0.1, -0.05) is 30.3 Å². The minimum Gasteiger partial charge on any atom is -0.469 e. The Hall–Kier alpha value is -1.39. The van der Waals surface area contributed by atoms with Crippen molar-refractivity contribution >= 4 is 5.97 Å². The molecule has 0 amide bonds. The standard InChI is InChI=1S/C15H23NO3/c1-14(2,16)15(11-18-3,10-13(17)19-4)12-8-6-5-7-9-12/h5-9H,10-11,16H2,1-4H3. The van der Waals surface area contributed by atoms with E-state index in [-0.39, 0.29) is 12.4 Å². The normalized spacial score (nSPS) is 14.8. The second-order valence-corrected chi connectivity index (χ2v) is 5.36. The molecular formula is C15H23NO3. The first-order chi connectivity index (χ1) is 8.87. The lowest BCUT2D eigenvalue weighted by atomic mass is 9.65. The van der Waals surface area contributed by atoms with Crippen LogP contribution in [0.4, 0.5) is 0 Å². The summed E-state index contributed by atoms with van der Waals surface area (Å²) < 4.78 is 10.2. The third kappa shape index (κ3) is 3.33. The number of nitrogens with two attached hydrogens (primary N) is 1. The van der Waals surface area contributed by atoms with Crippen molar-refractivity contribution in [3.63, 3.8) is 0 Å². The summed E-state index contributed by atoms with van der Waals surface area (Å²) in [5.41, 5.74) is 6.09. The van der Waals surface area contributed by atoms with Crippen LogP contribution in [-0.2, 0) is 19.7 Å². The molecule has 1 aromatic carbocycles. The summed E-state index contributed by atoms with van der Waals surface area (Å²) in [7, 11) is 3.00. The molecule has 1 aromatic rings. The van der Waals surface area contributed by atoms with Crippen molar-refractivity contribution in [2.75, 3.05) is 20.8 Å². The van der Waals surface area contributed by atoms with Crippen LogP contribution in [0.5, 0.6) is 0 Å². The molecule has 0 radical (unpaired) electrons. The highest BCUT2D eigenvalue weighted by Gasteiger charge is 2.46. The van der Waals surface area contributed by atoms with Gasteiger partial charge < -0.3 is 15.2 Å². The van der Waals surface area contributed by atoms with Gasteiger partial charge in [-0.05, 0) is 19.4 Å². The first kappa shape index (κ1) is 15.7. The Morgan fingerprint density at radius 2 is 1.79 bits per heavy atom. The van der Waals surface area contributed by atoms with Gasteiger partial charge in [0.05, 0.1) is 20.1 Å². The Morgan fingerprint density at radius 1 is 1.21 bits per heavy atom. The third-order valence-electron chi connectivity index (χ3n) is 3.62. The molecule has 0 aliphatic rings. The molecule has 1 unspecified atom stereocenters. The highest BCUT2D eigenvalue weighted by atomic mass is 16.5. The zero-order chi connectivity index (χ0) is 14.5. The van der Waals surface area contributed by atoms with Crippen molar-refractivity contribution in [3.05, 3.63) is 35.9 Å². The number of rotatable bonds is 6.